The first-order valence-corrected chi connectivity index (χ1v) is 6.96. The predicted octanol–water partition coefficient (Wildman–Crippen LogP) is 1.94. The Kier molecular flexibility index (Phi) is 3.19. The Morgan fingerprint density at radius 1 is 1.35 bits per heavy atom. The summed E-state index contributed by atoms with van der Waals surface area (Å²) >= 11 is 1.19. The average Bonchev–Trinajstić information content (AvgIpc) is 2.99. The molecule has 1 aromatic carbocycles. The Bertz CT molecular complexity index is 778. The van der Waals surface area contributed by atoms with Crippen molar-refractivity contribution in [1.82, 2.24) is 19.3 Å². The fraction of sp³-hybridized carbons (Fsp3) is 0.154. The van der Waals surface area contributed by atoms with Crippen LogP contribution in [-0.2, 0) is 11.8 Å². The second-order valence-electron chi connectivity index (χ2n) is 4.25. The molecule has 0 aliphatic carbocycles. The molecular formula is C13H12N4O2S. The summed E-state index contributed by atoms with van der Waals surface area (Å²) in [5, 5.41) is 13.8. The normalized spacial score (nSPS) is 11.1. The maximum absolute atomic E-state index is 10.8. The smallest absolute Gasteiger partial charge is 0.313 e. The van der Waals surface area contributed by atoms with Crippen LogP contribution in [0.1, 0.15) is 0 Å². The third-order valence-electron chi connectivity index (χ3n) is 2.78. The molecule has 0 bridgehead atoms. The van der Waals surface area contributed by atoms with E-state index in [4.69, 9.17) is 5.11 Å². The van der Waals surface area contributed by atoms with E-state index >= 15 is 0 Å². The molecule has 3 rings (SSSR count). The van der Waals surface area contributed by atoms with Crippen molar-refractivity contribution in [3.63, 3.8) is 0 Å². The van der Waals surface area contributed by atoms with E-state index in [1.165, 1.54) is 11.8 Å². The summed E-state index contributed by atoms with van der Waals surface area (Å²) in [5.41, 5.74) is 1.74. The van der Waals surface area contributed by atoms with Gasteiger partial charge in [-0.15, -0.1) is 0 Å². The third-order valence-corrected chi connectivity index (χ3v) is 3.71. The molecule has 0 spiro atoms. The van der Waals surface area contributed by atoms with Gasteiger partial charge in [-0.2, -0.15) is 5.10 Å². The highest BCUT2D eigenvalue weighted by atomic mass is 32.2. The zero-order valence-electron chi connectivity index (χ0n) is 10.7. The number of carbonyl (C=O) groups is 1. The van der Waals surface area contributed by atoms with Gasteiger partial charge in [-0.05, 0) is 12.1 Å². The monoisotopic (exact) mass is 288 g/mol. The van der Waals surface area contributed by atoms with Crippen LogP contribution in [-0.4, -0.2) is 36.2 Å². The minimum atomic E-state index is -0.866. The lowest BCUT2D eigenvalue weighted by Gasteiger charge is -2.04. The van der Waals surface area contributed by atoms with E-state index in [0.717, 1.165) is 16.9 Å². The van der Waals surface area contributed by atoms with Gasteiger partial charge in [-0.3, -0.25) is 14.0 Å². The van der Waals surface area contributed by atoms with E-state index in [-0.39, 0.29) is 5.75 Å². The van der Waals surface area contributed by atoms with Crippen LogP contribution in [0.3, 0.4) is 0 Å². The van der Waals surface area contributed by atoms with E-state index in [1.807, 2.05) is 48.1 Å². The van der Waals surface area contributed by atoms with Crippen LogP contribution in [0.2, 0.25) is 0 Å². The summed E-state index contributed by atoms with van der Waals surface area (Å²) < 4.78 is 3.58. The van der Waals surface area contributed by atoms with E-state index in [1.54, 1.807) is 4.68 Å². The number of benzene rings is 1. The van der Waals surface area contributed by atoms with Crippen LogP contribution in [0.25, 0.3) is 16.9 Å². The molecule has 0 amide bonds. The number of fused-ring (bicyclic) bond motifs is 1. The maximum atomic E-state index is 10.8. The lowest BCUT2D eigenvalue weighted by molar-refractivity contribution is -0.133. The summed E-state index contributed by atoms with van der Waals surface area (Å²) in [4.78, 5) is 15.2. The number of aryl methyl sites for hydroxylation is 1. The molecule has 20 heavy (non-hydrogen) atoms. The topological polar surface area (TPSA) is 72.9 Å². The zero-order chi connectivity index (χ0) is 14.1. The van der Waals surface area contributed by atoms with Crippen LogP contribution < -0.4 is 0 Å². The second kappa shape index (κ2) is 5.01. The molecule has 2 heterocycles. The summed E-state index contributed by atoms with van der Waals surface area (Å²) in [6.45, 7) is 0. The van der Waals surface area contributed by atoms with Crippen LogP contribution in [0, 0.1) is 0 Å². The third kappa shape index (κ3) is 2.27. The summed E-state index contributed by atoms with van der Waals surface area (Å²) in [6, 6.07) is 9.55. The summed E-state index contributed by atoms with van der Waals surface area (Å²) in [6.07, 6.45) is 1.84. The molecule has 0 aliphatic rings. The highest BCUT2D eigenvalue weighted by Gasteiger charge is 2.15. The first-order chi connectivity index (χ1) is 9.65. The van der Waals surface area contributed by atoms with Crippen LogP contribution in [0.4, 0.5) is 0 Å². The number of hydrogen-bond acceptors (Lipinski definition) is 4. The number of aliphatic carboxylic acids is 1. The summed E-state index contributed by atoms with van der Waals surface area (Å²) in [5.74, 6) is -0.167. The number of imidazole rings is 1. The molecule has 0 aliphatic heterocycles. The van der Waals surface area contributed by atoms with Gasteiger partial charge in [0.25, 0.3) is 0 Å². The average molecular weight is 288 g/mol. The van der Waals surface area contributed by atoms with Crippen molar-refractivity contribution in [3.8, 4) is 5.82 Å². The number of aromatic nitrogens is 4. The molecule has 3 aromatic rings. The van der Waals surface area contributed by atoms with Crippen molar-refractivity contribution in [2.45, 2.75) is 5.16 Å². The fourth-order valence-electron chi connectivity index (χ4n) is 1.97. The molecule has 1 N–H and O–H groups in total. The van der Waals surface area contributed by atoms with Crippen molar-refractivity contribution in [3.05, 3.63) is 36.5 Å². The molecule has 7 heteroatoms. The van der Waals surface area contributed by atoms with Crippen LogP contribution in [0.5, 0.6) is 0 Å². The lowest BCUT2D eigenvalue weighted by Crippen LogP contribution is -2.02. The first-order valence-electron chi connectivity index (χ1n) is 5.97. The molecule has 0 unspecified atom stereocenters. The Morgan fingerprint density at radius 2 is 2.15 bits per heavy atom. The van der Waals surface area contributed by atoms with Gasteiger partial charge in [0, 0.05) is 19.3 Å². The number of carboxylic acid groups (broad SMARTS) is 1. The number of rotatable bonds is 4. The van der Waals surface area contributed by atoms with Gasteiger partial charge in [0.05, 0.1) is 16.8 Å². The highest BCUT2D eigenvalue weighted by molar-refractivity contribution is 7.99. The van der Waals surface area contributed by atoms with Crippen molar-refractivity contribution < 1.29 is 9.90 Å². The van der Waals surface area contributed by atoms with E-state index in [9.17, 15) is 4.79 Å². The van der Waals surface area contributed by atoms with Gasteiger partial charge in [0.2, 0.25) is 0 Å². The minimum Gasteiger partial charge on any atom is -0.481 e. The largest absolute Gasteiger partial charge is 0.481 e. The molecule has 0 saturated carbocycles. The van der Waals surface area contributed by atoms with Gasteiger partial charge in [-0.1, -0.05) is 23.9 Å². The van der Waals surface area contributed by atoms with Gasteiger partial charge in [0.15, 0.2) is 11.0 Å². The Balaban J connectivity index is 2.15. The number of carboxylic acids is 1. The van der Waals surface area contributed by atoms with Crippen molar-refractivity contribution >= 4 is 28.8 Å². The molecular weight excluding hydrogens is 276 g/mol. The number of para-hydroxylation sites is 2. The van der Waals surface area contributed by atoms with Gasteiger partial charge < -0.3 is 5.11 Å². The standard InChI is InChI=1S/C13H12N4O2S/c1-16-7-6-11(15-16)17-10-5-3-2-4-9(10)14-13(17)20-8-12(18)19/h2-7H,8H2,1H3,(H,18,19). The number of thioether (sulfide) groups is 1. The number of nitrogens with zero attached hydrogens (tertiary/aromatic N) is 4. The fourth-order valence-corrected chi connectivity index (χ4v) is 2.71. The van der Waals surface area contributed by atoms with E-state index in [2.05, 4.69) is 10.1 Å². The van der Waals surface area contributed by atoms with E-state index < -0.39 is 5.97 Å². The van der Waals surface area contributed by atoms with E-state index in [0.29, 0.717) is 5.16 Å². The SMILES string of the molecule is Cn1ccc(-n2c(SCC(=O)O)nc3ccccc32)n1. The van der Waals surface area contributed by atoms with Gasteiger partial charge >= 0.3 is 5.97 Å². The molecule has 0 saturated heterocycles. The van der Waals surface area contributed by atoms with Crippen molar-refractivity contribution in [1.29, 1.82) is 0 Å². The minimum absolute atomic E-state index is 0.0316. The maximum Gasteiger partial charge on any atom is 0.313 e. The molecule has 102 valence electrons. The highest BCUT2D eigenvalue weighted by Crippen LogP contribution is 2.26. The van der Waals surface area contributed by atoms with Crippen LogP contribution in [0.15, 0.2) is 41.7 Å². The first kappa shape index (κ1) is 12.7. The van der Waals surface area contributed by atoms with Crippen LogP contribution >= 0.6 is 11.8 Å². The molecule has 6 nitrogen and oxygen atoms in total. The van der Waals surface area contributed by atoms with Gasteiger partial charge in [0.1, 0.15) is 0 Å². The summed E-state index contributed by atoms with van der Waals surface area (Å²) in [7, 11) is 1.84. The number of hydrogen-bond donors (Lipinski definition) is 1. The zero-order valence-corrected chi connectivity index (χ0v) is 11.5. The van der Waals surface area contributed by atoms with Crippen molar-refractivity contribution in [2.75, 3.05) is 5.75 Å². The quantitative estimate of drug-likeness (QED) is 0.743. The molecule has 0 atom stereocenters. The van der Waals surface area contributed by atoms with Crippen molar-refractivity contribution in [2.24, 2.45) is 7.05 Å². The second-order valence-corrected chi connectivity index (χ2v) is 5.19. The Labute approximate surface area is 119 Å². The Hall–Kier alpha value is -2.28. The predicted molar refractivity (Wildman–Crippen MR) is 76.2 cm³/mol. The van der Waals surface area contributed by atoms with Gasteiger partial charge in [-0.25, -0.2) is 4.98 Å². The lowest BCUT2D eigenvalue weighted by atomic mass is 10.3. The Morgan fingerprint density at radius 3 is 2.85 bits per heavy atom. The molecule has 2 aromatic heterocycles. The molecule has 0 radical (unpaired) electrons. The molecule has 0 fully saturated rings.